The van der Waals surface area contributed by atoms with Crippen molar-refractivity contribution < 1.29 is 9.84 Å². The SMILES string of the molecule is Cc1ncn(C[C@@H](O)COc2ccccc2C(C)C)c(=O)c1C. The van der Waals surface area contributed by atoms with Crippen LogP contribution < -0.4 is 10.3 Å². The Morgan fingerprint density at radius 3 is 2.65 bits per heavy atom. The van der Waals surface area contributed by atoms with E-state index in [1.165, 1.54) is 10.9 Å². The quantitative estimate of drug-likeness (QED) is 0.889. The van der Waals surface area contributed by atoms with Gasteiger partial charge < -0.3 is 9.84 Å². The molecule has 124 valence electrons. The first-order chi connectivity index (χ1) is 10.9. The molecule has 23 heavy (non-hydrogen) atoms. The number of aliphatic hydroxyl groups excluding tert-OH is 1. The largest absolute Gasteiger partial charge is 0.491 e. The van der Waals surface area contributed by atoms with Crippen LogP contribution in [0.2, 0.25) is 0 Å². The average Bonchev–Trinajstić information content (AvgIpc) is 2.53. The Hall–Kier alpha value is -2.14. The number of rotatable bonds is 6. The summed E-state index contributed by atoms with van der Waals surface area (Å²) in [4.78, 5) is 16.3. The Morgan fingerprint density at radius 2 is 1.96 bits per heavy atom. The van der Waals surface area contributed by atoms with E-state index in [9.17, 15) is 9.90 Å². The summed E-state index contributed by atoms with van der Waals surface area (Å²) in [5.74, 6) is 1.11. The number of para-hydroxylation sites is 1. The molecular weight excluding hydrogens is 292 g/mol. The fraction of sp³-hybridized carbons (Fsp3) is 0.444. The molecule has 0 spiro atoms. The first-order valence-electron chi connectivity index (χ1n) is 7.82. The minimum Gasteiger partial charge on any atom is -0.491 e. The fourth-order valence-corrected chi connectivity index (χ4v) is 2.36. The maximum atomic E-state index is 12.1. The predicted molar refractivity (Wildman–Crippen MR) is 90.0 cm³/mol. The highest BCUT2D eigenvalue weighted by Gasteiger charge is 2.12. The van der Waals surface area contributed by atoms with Crippen LogP contribution in [0.4, 0.5) is 0 Å². The molecule has 5 heteroatoms. The van der Waals surface area contributed by atoms with E-state index in [-0.39, 0.29) is 18.7 Å². The zero-order valence-electron chi connectivity index (χ0n) is 14.1. The summed E-state index contributed by atoms with van der Waals surface area (Å²) >= 11 is 0. The van der Waals surface area contributed by atoms with Crippen molar-refractivity contribution in [1.29, 1.82) is 0 Å². The maximum absolute atomic E-state index is 12.1. The Kier molecular flexibility index (Phi) is 5.55. The maximum Gasteiger partial charge on any atom is 0.256 e. The number of benzene rings is 1. The Balaban J connectivity index is 2.03. The van der Waals surface area contributed by atoms with Crippen LogP contribution in [0.1, 0.15) is 36.6 Å². The lowest BCUT2D eigenvalue weighted by Crippen LogP contribution is -2.32. The van der Waals surface area contributed by atoms with Gasteiger partial charge in [-0.15, -0.1) is 0 Å². The van der Waals surface area contributed by atoms with E-state index in [0.29, 0.717) is 17.2 Å². The van der Waals surface area contributed by atoms with Crippen LogP contribution in [0, 0.1) is 13.8 Å². The molecule has 0 saturated heterocycles. The van der Waals surface area contributed by atoms with Gasteiger partial charge in [0.25, 0.3) is 5.56 Å². The van der Waals surface area contributed by atoms with Gasteiger partial charge in [0.2, 0.25) is 0 Å². The molecule has 0 saturated carbocycles. The second-order valence-corrected chi connectivity index (χ2v) is 6.07. The molecule has 2 rings (SSSR count). The zero-order chi connectivity index (χ0) is 17.0. The molecule has 0 radical (unpaired) electrons. The van der Waals surface area contributed by atoms with Crippen molar-refractivity contribution in [2.24, 2.45) is 0 Å². The number of hydrogen-bond donors (Lipinski definition) is 1. The minimum atomic E-state index is -0.781. The molecule has 0 aliphatic carbocycles. The molecule has 1 atom stereocenters. The predicted octanol–water partition coefficient (Wildman–Crippen LogP) is 2.42. The molecule has 1 N–H and O–H groups in total. The first kappa shape index (κ1) is 17.2. The van der Waals surface area contributed by atoms with Crippen molar-refractivity contribution in [2.45, 2.75) is 46.3 Å². The number of hydrogen-bond acceptors (Lipinski definition) is 4. The highest BCUT2D eigenvalue weighted by atomic mass is 16.5. The Morgan fingerprint density at radius 1 is 1.26 bits per heavy atom. The standard InChI is InChI=1S/C18H24N2O3/c1-12(2)16-7-5-6-8-17(16)23-10-15(21)9-20-11-19-14(4)13(3)18(20)22/h5-8,11-12,15,21H,9-10H2,1-4H3/t15-/m1/s1. The van der Waals surface area contributed by atoms with E-state index >= 15 is 0 Å². The number of aryl methyl sites for hydroxylation is 1. The van der Waals surface area contributed by atoms with Gasteiger partial charge in [0.1, 0.15) is 18.5 Å². The van der Waals surface area contributed by atoms with Crippen LogP contribution in [0.5, 0.6) is 5.75 Å². The molecule has 5 nitrogen and oxygen atoms in total. The van der Waals surface area contributed by atoms with Crippen LogP contribution in [0.15, 0.2) is 35.4 Å². The molecule has 0 unspecified atom stereocenters. The van der Waals surface area contributed by atoms with Crippen molar-refractivity contribution in [2.75, 3.05) is 6.61 Å². The third-order valence-electron chi connectivity index (χ3n) is 3.89. The van der Waals surface area contributed by atoms with Gasteiger partial charge in [-0.25, -0.2) is 4.98 Å². The van der Waals surface area contributed by atoms with Gasteiger partial charge in [0.15, 0.2) is 0 Å². The molecule has 0 fully saturated rings. The number of ether oxygens (including phenoxy) is 1. The summed E-state index contributed by atoms with van der Waals surface area (Å²) in [5, 5.41) is 10.2. The molecule has 1 heterocycles. The van der Waals surface area contributed by atoms with E-state index in [1.807, 2.05) is 24.3 Å². The van der Waals surface area contributed by atoms with E-state index in [2.05, 4.69) is 18.8 Å². The van der Waals surface area contributed by atoms with E-state index in [0.717, 1.165) is 11.3 Å². The van der Waals surface area contributed by atoms with Crippen LogP contribution in [0.25, 0.3) is 0 Å². The molecule has 0 bridgehead atoms. The first-order valence-corrected chi connectivity index (χ1v) is 7.82. The third kappa shape index (κ3) is 4.20. The summed E-state index contributed by atoms with van der Waals surface area (Å²) in [6.45, 7) is 8.02. The highest BCUT2D eigenvalue weighted by Crippen LogP contribution is 2.25. The topological polar surface area (TPSA) is 64.3 Å². The van der Waals surface area contributed by atoms with E-state index in [1.54, 1.807) is 13.8 Å². The Bertz CT molecular complexity index is 722. The lowest BCUT2D eigenvalue weighted by molar-refractivity contribution is 0.0906. The number of aromatic nitrogens is 2. The van der Waals surface area contributed by atoms with Crippen molar-refractivity contribution in [3.05, 3.63) is 57.8 Å². The average molecular weight is 316 g/mol. The van der Waals surface area contributed by atoms with Gasteiger partial charge in [-0.1, -0.05) is 32.0 Å². The summed E-state index contributed by atoms with van der Waals surface area (Å²) in [6.07, 6.45) is 0.687. The van der Waals surface area contributed by atoms with Crippen molar-refractivity contribution in [1.82, 2.24) is 9.55 Å². The van der Waals surface area contributed by atoms with Gasteiger partial charge >= 0.3 is 0 Å². The molecule has 2 aromatic rings. The lowest BCUT2D eigenvalue weighted by atomic mass is 10.0. The molecule has 0 aliphatic rings. The van der Waals surface area contributed by atoms with Gasteiger partial charge in [-0.05, 0) is 31.4 Å². The molecule has 1 aromatic heterocycles. The van der Waals surface area contributed by atoms with Gasteiger partial charge in [-0.2, -0.15) is 0 Å². The zero-order valence-corrected chi connectivity index (χ0v) is 14.1. The molecular formula is C18H24N2O3. The number of aliphatic hydroxyl groups is 1. The normalized spacial score (nSPS) is 12.4. The van der Waals surface area contributed by atoms with Gasteiger partial charge in [0, 0.05) is 11.3 Å². The van der Waals surface area contributed by atoms with Crippen molar-refractivity contribution in [3.63, 3.8) is 0 Å². The van der Waals surface area contributed by atoms with Crippen LogP contribution in [-0.2, 0) is 6.54 Å². The molecule has 0 amide bonds. The summed E-state index contributed by atoms with van der Waals surface area (Å²) in [7, 11) is 0. The van der Waals surface area contributed by atoms with Crippen LogP contribution >= 0.6 is 0 Å². The minimum absolute atomic E-state index is 0.126. The van der Waals surface area contributed by atoms with Crippen molar-refractivity contribution >= 4 is 0 Å². The molecule has 1 aromatic carbocycles. The summed E-state index contributed by atoms with van der Waals surface area (Å²) < 4.78 is 7.16. The van der Waals surface area contributed by atoms with Crippen LogP contribution in [0.3, 0.4) is 0 Å². The third-order valence-corrected chi connectivity index (χ3v) is 3.89. The smallest absolute Gasteiger partial charge is 0.256 e. The van der Waals surface area contributed by atoms with E-state index < -0.39 is 6.10 Å². The highest BCUT2D eigenvalue weighted by molar-refractivity contribution is 5.35. The monoisotopic (exact) mass is 316 g/mol. The van der Waals surface area contributed by atoms with Gasteiger partial charge in [0.05, 0.1) is 12.9 Å². The summed E-state index contributed by atoms with van der Waals surface area (Å²) in [6, 6.07) is 7.79. The second-order valence-electron chi connectivity index (χ2n) is 6.07. The summed E-state index contributed by atoms with van der Waals surface area (Å²) in [5.41, 5.74) is 2.29. The second kappa shape index (κ2) is 7.42. The van der Waals surface area contributed by atoms with Crippen LogP contribution in [-0.4, -0.2) is 27.4 Å². The lowest BCUT2D eigenvalue weighted by Gasteiger charge is -2.17. The molecule has 0 aliphatic heterocycles. The number of nitrogens with zero attached hydrogens (tertiary/aromatic N) is 2. The van der Waals surface area contributed by atoms with Crippen molar-refractivity contribution in [3.8, 4) is 5.75 Å². The Labute approximate surface area is 136 Å². The van der Waals surface area contributed by atoms with Gasteiger partial charge in [-0.3, -0.25) is 9.36 Å². The van der Waals surface area contributed by atoms with E-state index in [4.69, 9.17) is 4.74 Å². The fourth-order valence-electron chi connectivity index (χ4n) is 2.36.